The lowest BCUT2D eigenvalue weighted by Crippen LogP contribution is -2.55. The van der Waals surface area contributed by atoms with Crippen molar-refractivity contribution in [2.75, 3.05) is 38.6 Å². The molecule has 0 spiro atoms. The quantitative estimate of drug-likeness (QED) is 0.875. The number of hydrogen-bond acceptors (Lipinski definition) is 3. The van der Waals surface area contributed by atoms with Crippen molar-refractivity contribution in [2.24, 2.45) is 0 Å². The van der Waals surface area contributed by atoms with Gasteiger partial charge in [-0.05, 0) is 31.7 Å². The van der Waals surface area contributed by atoms with Crippen molar-refractivity contribution in [1.82, 2.24) is 9.80 Å². The number of rotatable bonds is 2. The van der Waals surface area contributed by atoms with E-state index < -0.39 is 0 Å². The number of carbonyl (C=O) groups excluding carboxylic acids is 1. The second-order valence-corrected chi connectivity index (χ2v) is 5.58. The van der Waals surface area contributed by atoms with Gasteiger partial charge in [-0.2, -0.15) is 0 Å². The third-order valence-corrected chi connectivity index (χ3v) is 3.95. The molecule has 110 valence electrons. The van der Waals surface area contributed by atoms with Crippen molar-refractivity contribution in [2.45, 2.75) is 13.0 Å². The van der Waals surface area contributed by atoms with Gasteiger partial charge in [-0.25, -0.2) is 4.79 Å². The molecule has 0 radical (unpaired) electrons. The highest BCUT2D eigenvalue weighted by molar-refractivity contribution is 6.33. The van der Waals surface area contributed by atoms with Crippen LogP contribution in [-0.2, 0) is 0 Å². The molecular formula is C14H20ClN3O2. The summed E-state index contributed by atoms with van der Waals surface area (Å²) in [5.41, 5.74) is 1.66. The summed E-state index contributed by atoms with van der Waals surface area (Å²) < 4.78 is 0. The topological polar surface area (TPSA) is 55.8 Å². The minimum Gasteiger partial charge on any atom is -0.395 e. The van der Waals surface area contributed by atoms with Crippen molar-refractivity contribution in [3.8, 4) is 0 Å². The average molecular weight is 298 g/mol. The molecule has 0 saturated carbocycles. The van der Waals surface area contributed by atoms with E-state index in [9.17, 15) is 9.90 Å². The lowest BCUT2D eigenvalue weighted by molar-refractivity contribution is 0.0754. The summed E-state index contributed by atoms with van der Waals surface area (Å²) in [6.07, 6.45) is 0. The Bertz CT molecular complexity index is 495. The van der Waals surface area contributed by atoms with E-state index in [1.807, 2.05) is 26.1 Å². The Morgan fingerprint density at radius 3 is 2.90 bits per heavy atom. The molecule has 6 heteroatoms. The first-order valence-electron chi connectivity index (χ1n) is 6.64. The summed E-state index contributed by atoms with van der Waals surface area (Å²) in [5, 5.41) is 12.7. The van der Waals surface area contributed by atoms with Crippen LogP contribution in [0.25, 0.3) is 0 Å². The highest BCUT2D eigenvalue weighted by Gasteiger charge is 2.26. The third kappa shape index (κ3) is 3.42. The van der Waals surface area contributed by atoms with E-state index in [1.165, 1.54) is 0 Å². The van der Waals surface area contributed by atoms with Crippen molar-refractivity contribution in [1.29, 1.82) is 0 Å². The molecule has 2 N–H and O–H groups in total. The van der Waals surface area contributed by atoms with E-state index in [1.54, 1.807) is 11.0 Å². The van der Waals surface area contributed by atoms with Gasteiger partial charge in [0.1, 0.15) is 0 Å². The standard InChI is InChI=1S/C14H20ClN3O2/c1-10-3-4-13(12(15)7-10)16-14(20)18-6-5-17(2)11(8-18)9-19/h3-4,7,11,19H,5-6,8-9H2,1-2H3,(H,16,20). The molecule has 1 aliphatic rings. The molecule has 0 aromatic heterocycles. The lowest BCUT2D eigenvalue weighted by Gasteiger charge is -2.38. The zero-order valence-corrected chi connectivity index (χ0v) is 12.5. The van der Waals surface area contributed by atoms with Crippen molar-refractivity contribution >= 4 is 23.3 Å². The molecule has 1 atom stereocenters. The Kier molecular flexibility index (Phi) is 4.86. The monoisotopic (exact) mass is 297 g/mol. The highest BCUT2D eigenvalue weighted by Crippen LogP contribution is 2.23. The largest absolute Gasteiger partial charge is 0.395 e. The first kappa shape index (κ1) is 15.1. The van der Waals surface area contributed by atoms with Crippen LogP contribution in [0.4, 0.5) is 10.5 Å². The Labute approximate surface area is 124 Å². The van der Waals surface area contributed by atoms with Gasteiger partial charge in [0.15, 0.2) is 0 Å². The number of likely N-dealkylation sites (N-methyl/N-ethyl adjacent to an activating group) is 1. The van der Waals surface area contributed by atoms with Crippen LogP contribution < -0.4 is 5.32 Å². The van der Waals surface area contributed by atoms with Gasteiger partial charge in [0.25, 0.3) is 0 Å². The molecule has 1 fully saturated rings. The fourth-order valence-electron chi connectivity index (χ4n) is 2.24. The third-order valence-electron chi connectivity index (χ3n) is 3.64. The number of anilines is 1. The molecule has 5 nitrogen and oxygen atoms in total. The molecule has 2 amide bonds. The van der Waals surface area contributed by atoms with Gasteiger partial charge in [-0.15, -0.1) is 0 Å². The number of aliphatic hydroxyl groups excluding tert-OH is 1. The second kappa shape index (κ2) is 6.43. The maximum absolute atomic E-state index is 12.2. The average Bonchev–Trinajstić information content (AvgIpc) is 2.42. The summed E-state index contributed by atoms with van der Waals surface area (Å²) in [4.78, 5) is 16.0. The van der Waals surface area contributed by atoms with Crippen LogP contribution in [0.2, 0.25) is 5.02 Å². The number of urea groups is 1. The minimum atomic E-state index is -0.178. The number of amides is 2. The van der Waals surface area contributed by atoms with Gasteiger partial charge in [0.05, 0.1) is 23.4 Å². The van der Waals surface area contributed by atoms with E-state index in [0.29, 0.717) is 23.8 Å². The van der Waals surface area contributed by atoms with Crippen LogP contribution in [0.3, 0.4) is 0 Å². The molecule has 1 aliphatic heterocycles. The summed E-state index contributed by atoms with van der Waals surface area (Å²) >= 11 is 6.11. The normalized spacial score (nSPS) is 20.0. The van der Waals surface area contributed by atoms with E-state index >= 15 is 0 Å². The fourth-order valence-corrected chi connectivity index (χ4v) is 2.53. The molecule has 1 aromatic carbocycles. The summed E-state index contributed by atoms with van der Waals surface area (Å²) in [5.74, 6) is 0. The molecule has 1 saturated heterocycles. The number of aliphatic hydroxyl groups is 1. The number of halogens is 1. The molecule has 1 unspecified atom stereocenters. The SMILES string of the molecule is Cc1ccc(NC(=O)N2CCN(C)C(CO)C2)c(Cl)c1. The Morgan fingerprint density at radius 1 is 1.50 bits per heavy atom. The molecular weight excluding hydrogens is 278 g/mol. The van der Waals surface area contributed by atoms with Crippen LogP contribution >= 0.6 is 11.6 Å². The van der Waals surface area contributed by atoms with Crippen LogP contribution in [-0.4, -0.2) is 60.3 Å². The Hall–Kier alpha value is -1.30. The molecule has 2 rings (SSSR count). The van der Waals surface area contributed by atoms with Crippen molar-refractivity contribution < 1.29 is 9.90 Å². The summed E-state index contributed by atoms with van der Waals surface area (Å²) in [6.45, 7) is 3.90. The van der Waals surface area contributed by atoms with Gasteiger partial charge in [0.2, 0.25) is 0 Å². The maximum Gasteiger partial charge on any atom is 0.321 e. The zero-order chi connectivity index (χ0) is 14.7. The zero-order valence-electron chi connectivity index (χ0n) is 11.8. The predicted octanol–water partition coefficient (Wildman–Crippen LogP) is 1.79. The maximum atomic E-state index is 12.2. The Morgan fingerprint density at radius 2 is 2.25 bits per heavy atom. The number of carbonyl (C=O) groups is 1. The van der Waals surface area contributed by atoms with Crippen molar-refractivity contribution in [3.63, 3.8) is 0 Å². The van der Waals surface area contributed by atoms with Crippen molar-refractivity contribution in [3.05, 3.63) is 28.8 Å². The van der Waals surface area contributed by atoms with Crippen LogP contribution in [0.1, 0.15) is 5.56 Å². The first-order valence-corrected chi connectivity index (χ1v) is 7.02. The molecule has 1 aromatic rings. The predicted molar refractivity (Wildman–Crippen MR) is 80.3 cm³/mol. The van der Waals surface area contributed by atoms with Crippen LogP contribution in [0.5, 0.6) is 0 Å². The number of nitrogens with one attached hydrogen (secondary N) is 1. The van der Waals surface area contributed by atoms with Gasteiger partial charge < -0.3 is 15.3 Å². The smallest absolute Gasteiger partial charge is 0.321 e. The molecule has 0 bridgehead atoms. The number of benzene rings is 1. The van der Waals surface area contributed by atoms with E-state index in [2.05, 4.69) is 10.2 Å². The number of piperazine rings is 1. The fraction of sp³-hybridized carbons (Fsp3) is 0.500. The van der Waals surface area contributed by atoms with Gasteiger partial charge in [-0.1, -0.05) is 17.7 Å². The minimum absolute atomic E-state index is 0.0111. The Balaban J connectivity index is 2.01. The van der Waals surface area contributed by atoms with E-state index in [-0.39, 0.29) is 18.7 Å². The van der Waals surface area contributed by atoms with Gasteiger partial charge in [-0.3, -0.25) is 4.90 Å². The van der Waals surface area contributed by atoms with Gasteiger partial charge in [0, 0.05) is 19.6 Å². The van der Waals surface area contributed by atoms with E-state index in [0.717, 1.165) is 12.1 Å². The number of aryl methyl sites for hydroxylation is 1. The number of nitrogens with zero attached hydrogens (tertiary/aromatic N) is 2. The molecule has 0 aliphatic carbocycles. The number of hydrogen-bond donors (Lipinski definition) is 2. The van der Waals surface area contributed by atoms with Gasteiger partial charge >= 0.3 is 6.03 Å². The summed E-state index contributed by atoms with van der Waals surface area (Å²) in [6, 6.07) is 5.33. The van der Waals surface area contributed by atoms with Crippen LogP contribution in [0, 0.1) is 6.92 Å². The lowest BCUT2D eigenvalue weighted by atomic mass is 10.2. The van der Waals surface area contributed by atoms with Crippen LogP contribution in [0.15, 0.2) is 18.2 Å². The first-order chi connectivity index (χ1) is 9.51. The molecule has 1 heterocycles. The molecule has 20 heavy (non-hydrogen) atoms. The summed E-state index contributed by atoms with van der Waals surface area (Å²) in [7, 11) is 1.95. The van der Waals surface area contributed by atoms with E-state index in [4.69, 9.17) is 11.6 Å². The second-order valence-electron chi connectivity index (χ2n) is 5.18. The highest BCUT2D eigenvalue weighted by atomic mass is 35.5.